The molecule has 1 atom stereocenters. The largest absolute Gasteiger partial charge is 0.467 e. The summed E-state index contributed by atoms with van der Waals surface area (Å²) in [4.78, 5) is 12.1. The molecule has 0 aliphatic carbocycles. The smallest absolute Gasteiger partial charge is 0.237 e. The van der Waals surface area contributed by atoms with Gasteiger partial charge in [-0.3, -0.25) is 4.79 Å². The molecule has 100 valence electrons. The van der Waals surface area contributed by atoms with Crippen molar-refractivity contribution in [2.24, 2.45) is 0 Å². The van der Waals surface area contributed by atoms with Gasteiger partial charge < -0.3 is 9.73 Å². The topological polar surface area (TPSA) is 42.2 Å². The van der Waals surface area contributed by atoms with Crippen molar-refractivity contribution < 1.29 is 9.21 Å². The molecule has 0 bridgehead atoms. The van der Waals surface area contributed by atoms with Gasteiger partial charge in [0.1, 0.15) is 11.8 Å². The van der Waals surface area contributed by atoms with E-state index < -0.39 is 4.32 Å². The number of carbonyl (C=O) groups excluding carboxylic acids is 1. The van der Waals surface area contributed by atoms with E-state index in [1.165, 1.54) is 0 Å². The average molecular weight is 322 g/mol. The van der Waals surface area contributed by atoms with Gasteiger partial charge in [0.25, 0.3) is 0 Å². The number of rotatable bonds is 4. The molecule has 1 amide bonds. The molecule has 0 aliphatic heterocycles. The van der Waals surface area contributed by atoms with E-state index in [1.54, 1.807) is 6.26 Å². The highest BCUT2D eigenvalue weighted by atomic mass is 79.9. The first-order valence-electron chi connectivity index (χ1n) is 6.06. The maximum absolute atomic E-state index is 12.1. The monoisotopic (exact) mass is 321 g/mol. The summed E-state index contributed by atoms with van der Waals surface area (Å²) < 4.78 is 4.82. The summed E-state index contributed by atoms with van der Waals surface area (Å²) in [5, 5.41) is 3.00. The zero-order valence-corrected chi connectivity index (χ0v) is 12.5. The number of carbonyl (C=O) groups is 1. The lowest BCUT2D eigenvalue weighted by Crippen LogP contribution is -2.40. The van der Waals surface area contributed by atoms with Gasteiger partial charge in [0.05, 0.1) is 10.6 Å². The predicted molar refractivity (Wildman–Crippen MR) is 78.1 cm³/mol. The molecule has 1 heterocycles. The standard InChI is InChI=1S/C15H16BrNO2/c1-15(2,16)14(18)17-13(12-9-6-10-19-12)11-7-4-3-5-8-11/h3-10,13H,1-2H3,(H,17,18). The van der Waals surface area contributed by atoms with E-state index >= 15 is 0 Å². The molecule has 0 fully saturated rings. The van der Waals surface area contributed by atoms with Gasteiger partial charge >= 0.3 is 0 Å². The maximum Gasteiger partial charge on any atom is 0.237 e. The van der Waals surface area contributed by atoms with Crippen LogP contribution in [-0.2, 0) is 4.79 Å². The molecule has 0 spiro atoms. The van der Waals surface area contributed by atoms with Crippen molar-refractivity contribution in [2.75, 3.05) is 0 Å². The van der Waals surface area contributed by atoms with Crippen LogP contribution in [0.3, 0.4) is 0 Å². The second kappa shape index (κ2) is 5.61. The molecule has 0 aliphatic rings. The third-order valence-electron chi connectivity index (χ3n) is 2.78. The van der Waals surface area contributed by atoms with Crippen LogP contribution >= 0.6 is 15.9 Å². The van der Waals surface area contributed by atoms with Crippen LogP contribution in [0.15, 0.2) is 53.1 Å². The highest BCUT2D eigenvalue weighted by Crippen LogP contribution is 2.25. The molecule has 1 unspecified atom stereocenters. The van der Waals surface area contributed by atoms with Crippen molar-refractivity contribution in [3.8, 4) is 0 Å². The van der Waals surface area contributed by atoms with Crippen molar-refractivity contribution in [1.29, 1.82) is 0 Å². The summed E-state index contributed by atoms with van der Waals surface area (Å²) in [7, 11) is 0. The van der Waals surface area contributed by atoms with E-state index in [9.17, 15) is 4.79 Å². The van der Waals surface area contributed by atoms with Crippen molar-refractivity contribution >= 4 is 21.8 Å². The number of furan rings is 1. The Balaban J connectivity index is 2.29. The number of hydrogen-bond acceptors (Lipinski definition) is 2. The number of amides is 1. The van der Waals surface area contributed by atoms with Gasteiger partial charge in [0, 0.05) is 0 Å². The lowest BCUT2D eigenvalue weighted by Gasteiger charge is -2.22. The van der Waals surface area contributed by atoms with Crippen LogP contribution in [0.1, 0.15) is 31.2 Å². The number of hydrogen-bond donors (Lipinski definition) is 1. The van der Waals surface area contributed by atoms with Gasteiger partial charge in [-0.2, -0.15) is 0 Å². The first-order chi connectivity index (χ1) is 8.98. The zero-order valence-electron chi connectivity index (χ0n) is 10.9. The van der Waals surface area contributed by atoms with Crippen molar-refractivity contribution in [1.82, 2.24) is 5.32 Å². The number of benzene rings is 1. The minimum Gasteiger partial charge on any atom is -0.467 e. The number of nitrogens with one attached hydrogen (secondary N) is 1. The Labute approximate surface area is 121 Å². The van der Waals surface area contributed by atoms with Gasteiger partial charge in [-0.25, -0.2) is 0 Å². The number of alkyl halides is 1. The molecular weight excluding hydrogens is 306 g/mol. The Morgan fingerprint density at radius 2 is 1.89 bits per heavy atom. The summed E-state index contributed by atoms with van der Waals surface area (Å²) in [6, 6.07) is 13.2. The van der Waals surface area contributed by atoms with E-state index in [2.05, 4.69) is 21.2 Å². The summed E-state index contributed by atoms with van der Waals surface area (Å²) in [5.41, 5.74) is 0.988. The zero-order chi connectivity index (χ0) is 13.9. The van der Waals surface area contributed by atoms with E-state index in [0.29, 0.717) is 0 Å². The van der Waals surface area contributed by atoms with Gasteiger partial charge in [0.2, 0.25) is 5.91 Å². The molecular formula is C15H16BrNO2. The van der Waals surface area contributed by atoms with Crippen LogP contribution in [0.2, 0.25) is 0 Å². The second-order valence-corrected chi connectivity index (χ2v) is 6.79. The Hall–Kier alpha value is -1.55. The van der Waals surface area contributed by atoms with Crippen molar-refractivity contribution in [2.45, 2.75) is 24.2 Å². The first kappa shape index (κ1) is 13.9. The van der Waals surface area contributed by atoms with E-state index in [0.717, 1.165) is 11.3 Å². The summed E-state index contributed by atoms with van der Waals surface area (Å²) in [6.45, 7) is 3.62. The fraction of sp³-hybridized carbons (Fsp3) is 0.267. The SMILES string of the molecule is CC(C)(Br)C(=O)NC(c1ccccc1)c1ccco1. The molecule has 0 saturated heterocycles. The van der Waals surface area contributed by atoms with Crippen molar-refractivity contribution in [3.05, 3.63) is 60.1 Å². The fourth-order valence-corrected chi connectivity index (χ4v) is 1.84. The fourth-order valence-electron chi connectivity index (χ4n) is 1.72. The summed E-state index contributed by atoms with van der Waals surface area (Å²) in [6.07, 6.45) is 1.61. The Kier molecular flexibility index (Phi) is 4.10. The van der Waals surface area contributed by atoms with Crippen molar-refractivity contribution in [3.63, 3.8) is 0 Å². The first-order valence-corrected chi connectivity index (χ1v) is 6.86. The molecule has 1 aromatic carbocycles. The molecule has 1 aromatic heterocycles. The minimum absolute atomic E-state index is 0.0854. The lowest BCUT2D eigenvalue weighted by molar-refractivity contribution is -0.123. The van der Waals surface area contributed by atoms with E-state index in [4.69, 9.17) is 4.42 Å². The van der Waals surface area contributed by atoms with Gasteiger partial charge in [-0.1, -0.05) is 46.3 Å². The number of halogens is 1. The molecule has 2 rings (SSSR count). The molecule has 4 heteroatoms. The molecule has 1 N–H and O–H groups in total. The van der Waals surface area contributed by atoms with Gasteiger partial charge in [-0.05, 0) is 31.5 Å². The van der Waals surface area contributed by atoms with Gasteiger partial charge in [0.15, 0.2) is 0 Å². The predicted octanol–water partition coefficient (Wildman–Crippen LogP) is 3.66. The summed E-state index contributed by atoms with van der Waals surface area (Å²) >= 11 is 3.37. The Bertz CT molecular complexity index is 529. The minimum atomic E-state index is -0.618. The van der Waals surface area contributed by atoms with Crippen LogP contribution in [-0.4, -0.2) is 10.2 Å². The molecule has 2 aromatic rings. The maximum atomic E-state index is 12.1. The van der Waals surface area contributed by atoms with Crippen LogP contribution < -0.4 is 5.32 Å². The molecule has 19 heavy (non-hydrogen) atoms. The third kappa shape index (κ3) is 3.47. The summed E-state index contributed by atoms with van der Waals surface area (Å²) in [5.74, 6) is 0.633. The van der Waals surface area contributed by atoms with Gasteiger partial charge in [-0.15, -0.1) is 0 Å². The van der Waals surface area contributed by atoms with Crippen LogP contribution in [0, 0.1) is 0 Å². The lowest BCUT2D eigenvalue weighted by atomic mass is 10.0. The van der Waals surface area contributed by atoms with Crippen LogP contribution in [0.4, 0.5) is 0 Å². The van der Waals surface area contributed by atoms with Crippen LogP contribution in [0.5, 0.6) is 0 Å². The molecule has 0 saturated carbocycles. The molecule has 0 radical (unpaired) electrons. The highest BCUT2D eigenvalue weighted by molar-refractivity contribution is 9.10. The quantitative estimate of drug-likeness (QED) is 0.873. The molecule has 3 nitrogen and oxygen atoms in total. The Morgan fingerprint density at radius 3 is 2.42 bits per heavy atom. The Morgan fingerprint density at radius 1 is 1.21 bits per heavy atom. The normalized spacial score (nSPS) is 13.0. The third-order valence-corrected chi connectivity index (χ3v) is 3.14. The van der Waals surface area contributed by atoms with Crippen LogP contribution in [0.25, 0.3) is 0 Å². The average Bonchev–Trinajstić information content (AvgIpc) is 2.89. The highest BCUT2D eigenvalue weighted by Gasteiger charge is 2.28. The van der Waals surface area contributed by atoms with E-state index in [1.807, 2.05) is 56.3 Å². The van der Waals surface area contributed by atoms with E-state index in [-0.39, 0.29) is 11.9 Å². The second-order valence-electron chi connectivity index (χ2n) is 4.81.